The van der Waals surface area contributed by atoms with E-state index in [1.165, 1.54) is 0 Å². The van der Waals surface area contributed by atoms with E-state index < -0.39 is 0 Å². The van der Waals surface area contributed by atoms with E-state index >= 15 is 0 Å². The van der Waals surface area contributed by atoms with E-state index in [2.05, 4.69) is 15.6 Å². The zero-order valence-electron chi connectivity index (χ0n) is 11.4. The number of rotatable bonds is 5. The number of nitrogens with zero attached hydrogens (tertiary/aromatic N) is 1. The van der Waals surface area contributed by atoms with Gasteiger partial charge in [0, 0.05) is 18.4 Å². The zero-order chi connectivity index (χ0) is 13.7. The van der Waals surface area contributed by atoms with Crippen molar-refractivity contribution >= 4 is 5.91 Å². The Morgan fingerprint density at radius 1 is 1.58 bits per heavy atom. The molecule has 3 unspecified atom stereocenters. The molecule has 1 aromatic heterocycles. The lowest BCUT2D eigenvalue weighted by Gasteiger charge is -2.21. The molecule has 5 nitrogen and oxygen atoms in total. The van der Waals surface area contributed by atoms with Gasteiger partial charge in [-0.05, 0) is 25.1 Å². The molecule has 5 heteroatoms. The van der Waals surface area contributed by atoms with Crippen LogP contribution in [0.1, 0.15) is 25.5 Å². The number of likely N-dealkylation sites (N-methyl/N-ethyl adjacent to an activating group) is 1. The number of nitrogens with one attached hydrogen (secondary N) is 2. The number of pyridine rings is 1. The van der Waals surface area contributed by atoms with Gasteiger partial charge in [0.05, 0.1) is 25.2 Å². The van der Waals surface area contributed by atoms with E-state index in [-0.39, 0.29) is 23.9 Å². The summed E-state index contributed by atoms with van der Waals surface area (Å²) in [7, 11) is 0. The van der Waals surface area contributed by atoms with Gasteiger partial charge >= 0.3 is 0 Å². The fraction of sp³-hybridized carbons (Fsp3) is 0.571. The summed E-state index contributed by atoms with van der Waals surface area (Å²) in [6.45, 7) is 5.94. The first-order valence-corrected chi connectivity index (χ1v) is 6.73. The van der Waals surface area contributed by atoms with Crippen LogP contribution in [0.5, 0.6) is 0 Å². The molecule has 0 aromatic carbocycles. The second-order valence-corrected chi connectivity index (χ2v) is 4.82. The van der Waals surface area contributed by atoms with Gasteiger partial charge in [-0.15, -0.1) is 0 Å². The maximum absolute atomic E-state index is 12.3. The number of aromatic nitrogens is 1. The summed E-state index contributed by atoms with van der Waals surface area (Å²) in [5, 5.41) is 6.32. The molecule has 2 heterocycles. The van der Waals surface area contributed by atoms with Crippen molar-refractivity contribution in [3.8, 4) is 0 Å². The summed E-state index contributed by atoms with van der Waals surface area (Å²) in [4.78, 5) is 16.3. The Morgan fingerprint density at radius 2 is 2.42 bits per heavy atom. The Bertz CT molecular complexity index is 410. The average molecular weight is 263 g/mol. The highest BCUT2D eigenvalue weighted by Crippen LogP contribution is 2.17. The molecule has 0 saturated carbocycles. The summed E-state index contributed by atoms with van der Waals surface area (Å²) in [5.74, 6) is -0.0705. The van der Waals surface area contributed by atoms with Crippen LogP contribution in [0.15, 0.2) is 24.5 Å². The minimum Gasteiger partial charge on any atom is -0.379 e. The first-order valence-electron chi connectivity index (χ1n) is 6.73. The van der Waals surface area contributed by atoms with Gasteiger partial charge in [0.15, 0.2) is 0 Å². The van der Waals surface area contributed by atoms with Crippen LogP contribution in [-0.4, -0.2) is 36.7 Å². The SMILES string of the molecule is CCNC1COCC1C(=O)NC(C)c1cccnc1. The maximum Gasteiger partial charge on any atom is 0.227 e. The third-order valence-electron chi connectivity index (χ3n) is 3.43. The molecule has 0 bridgehead atoms. The van der Waals surface area contributed by atoms with Crippen molar-refractivity contribution < 1.29 is 9.53 Å². The fourth-order valence-electron chi connectivity index (χ4n) is 2.31. The maximum atomic E-state index is 12.3. The third kappa shape index (κ3) is 3.52. The topological polar surface area (TPSA) is 63.2 Å². The monoisotopic (exact) mass is 263 g/mol. The van der Waals surface area contributed by atoms with Gasteiger partial charge in [-0.25, -0.2) is 0 Å². The lowest BCUT2D eigenvalue weighted by Crippen LogP contribution is -2.44. The highest BCUT2D eigenvalue weighted by Gasteiger charge is 2.33. The van der Waals surface area contributed by atoms with E-state index in [0.29, 0.717) is 13.2 Å². The molecule has 19 heavy (non-hydrogen) atoms. The summed E-state index contributed by atoms with van der Waals surface area (Å²) < 4.78 is 5.40. The molecule has 0 aliphatic carbocycles. The summed E-state index contributed by atoms with van der Waals surface area (Å²) in [6, 6.07) is 3.92. The molecular weight excluding hydrogens is 242 g/mol. The molecule has 1 saturated heterocycles. The Labute approximate surface area is 113 Å². The summed E-state index contributed by atoms with van der Waals surface area (Å²) in [6.07, 6.45) is 3.50. The lowest BCUT2D eigenvalue weighted by atomic mass is 10.0. The van der Waals surface area contributed by atoms with Gasteiger partial charge in [-0.1, -0.05) is 13.0 Å². The number of carbonyl (C=O) groups excluding carboxylic acids is 1. The minimum absolute atomic E-state index is 0.0379. The van der Waals surface area contributed by atoms with Crippen LogP contribution in [-0.2, 0) is 9.53 Å². The Balaban J connectivity index is 1.93. The van der Waals surface area contributed by atoms with E-state index in [0.717, 1.165) is 12.1 Å². The van der Waals surface area contributed by atoms with Crippen LogP contribution in [0.3, 0.4) is 0 Å². The molecule has 1 aliphatic rings. The van der Waals surface area contributed by atoms with Gasteiger partial charge in [0.1, 0.15) is 0 Å². The predicted molar refractivity (Wildman–Crippen MR) is 72.6 cm³/mol. The molecule has 2 N–H and O–H groups in total. The van der Waals surface area contributed by atoms with Gasteiger partial charge in [0.25, 0.3) is 0 Å². The van der Waals surface area contributed by atoms with Gasteiger partial charge in [-0.3, -0.25) is 9.78 Å². The van der Waals surface area contributed by atoms with Crippen molar-refractivity contribution in [2.75, 3.05) is 19.8 Å². The van der Waals surface area contributed by atoms with Crippen LogP contribution in [0.4, 0.5) is 0 Å². The molecule has 104 valence electrons. The smallest absolute Gasteiger partial charge is 0.227 e. The first-order chi connectivity index (χ1) is 9.22. The number of hydrogen-bond donors (Lipinski definition) is 2. The molecule has 1 aromatic rings. The Kier molecular flexibility index (Phi) is 4.87. The Morgan fingerprint density at radius 3 is 3.11 bits per heavy atom. The van der Waals surface area contributed by atoms with Crippen LogP contribution in [0.2, 0.25) is 0 Å². The molecule has 1 amide bonds. The quantitative estimate of drug-likeness (QED) is 0.828. The summed E-state index contributed by atoms with van der Waals surface area (Å²) in [5.41, 5.74) is 1.01. The molecule has 0 radical (unpaired) electrons. The molecule has 1 fully saturated rings. The molecule has 2 rings (SSSR count). The predicted octanol–water partition coefficient (Wildman–Crippen LogP) is 0.883. The van der Waals surface area contributed by atoms with Gasteiger partial charge in [0.2, 0.25) is 5.91 Å². The number of hydrogen-bond acceptors (Lipinski definition) is 4. The van der Waals surface area contributed by atoms with Gasteiger partial charge in [-0.2, -0.15) is 0 Å². The first kappa shape index (κ1) is 14.0. The fourth-order valence-corrected chi connectivity index (χ4v) is 2.31. The lowest BCUT2D eigenvalue weighted by molar-refractivity contribution is -0.126. The average Bonchev–Trinajstić information content (AvgIpc) is 2.88. The Hall–Kier alpha value is -1.46. The molecular formula is C14H21N3O2. The van der Waals surface area contributed by atoms with Gasteiger partial charge < -0.3 is 15.4 Å². The largest absolute Gasteiger partial charge is 0.379 e. The van der Waals surface area contributed by atoms with Crippen molar-refractivity contribution in [3.05, 3.63) is 30.1 Å². The number of ether oxygens (including phenoxy) is 1. The molecule has 3 atom stereocenters. The van der Waals surface area contributed by atoms with Crippen LogP contribution in [0, 0.1) is 5.92 Å². The third-order valence-corrected chi connectivity index (χ3v) is 3.43. The van der Waals surface area contributed by atoms with Crippen molar-refractivity contribution in [2.45, 2.75) is 25.9 Å². The van der Waals surface area contributed by atoms with Crippen LogP contribution < -0.4 is 10.6 Å². The molecule has 1 aliphatic heterocycles. The van der Waals surface area contributed by atoms with E-state index in [4.69, 9.17) is 4.74 Å². The second-order valence-electron chi connectivity index (χ2n) is 4.82. The van der Waals surface area contributed by atoms with Crippen molar-refractivity contribution in [1.29, 1.82) is 0 Å². The molecule has 0 spiro atoms. The zero-order valence-corrected chi connectivity index (χ0v) is 11.4. The normalized spacial score (nSPS) is 24.1. The minimum atomic E-state index is -0.112. The van der Waals surface area contributed by atoms with Crippen LogP contribution >= 0.6 is 0 Å². The van der Waals surface area contributed by atoms with E-state index in [1.807, 2.05) is 26.0 Å². The highest BCUT2D eigenvalue weighted by molar-refractivity contribution is 5.80. The number of carbonyl (C=O) groups is 1. The van der Waals surface area contributed by atoms with Crippen molar-refractivity contribution in [3.63, 3.8) is 0 Å². The van der Waals surface area contributed by atoms with Crippen molar-refractivity contribution in [2.24, 2.45) is 5.92 Å². The highest BCUT2D eigenvalue weighted by atomic mass is 16.5. The van der Waals surface area contributed by atoms with Crippen molar-refractivity contribution in [1.82, 2.24) is 15.6 Å². The van der Waals surface area contributed by atoms with E-state index in [9.17, 15) is 4.79 Å². The van der Waals surface area contributed by atoms with E-state index in [1.54, 1.807) is 12.4 Å². The number of amides is 1. The second kappa shape index (κ2) is 6.63. The summed E-state index contributed by atoms with van der Waals surface area (Å²) >= 11 is 0. The standard InChI is InChI=1S/C14H21N3O2/c1-3-16-13-9-19-8-12(13)14(18)17-10(2)11-5-4-6-15-7-11/h4-7,10,12-13,16H,3,8-9H2,1-2H3,(H,17,18). The van der Waals surface area contributed by atoms with Crippen LogP contribution in [0.25, 0.3) is 0 Å².